The Morgan fingerprint density at radius 2 is 0.907 bits per heavy atom. The average molecular weight is 691 g/mol. The van der Waals surface area contributed by atoms with E-state index in [4.69, 9.17) is 8.83 Å². The lowest BCUT2D eigenvalue weighted by molar-refractivity contribution is 0.628. The Labute approximate surface area is 305 Å². The first-order valence-electron chi connectivity index (χ1n) is 18.4. The second-order valence-electron chi connectivity index (χ2n) is 14.9. The third-order valence-electron chi connectivity index (χ3n) is 12.3. The highest BCUT2D eigenvalue weighted by Gasteiger charge is 2.46. The lowest BCUT2D eigenvalue weighted by Crippen LogP contribution is -2.58. The van der Waals surface area contributed by atoms with Gasteiger partial charge in [-0.05, 0) is 97.4 Å². The fraction of sp³-hybridized carbons (Fsp3) is 0. The van der Waals surface area contributed by atoms with Gasteiger partial charge in [0.2, 0.25) is 0 Å². The topological polar surface area (TPSA) is 36.1 Å². The van der Waals surface area contributed by atoms with Crippen molar-refractivity contribution in [1.29, 1.82) is 0 Å². The molecule has 2 aliphatic rings. The van der Waals surface area contributed by atoms with Gasteiger partial charge in [-0.15, -0.1) is 0 Å². The van der Waals surface area contributed by atoms with Crippen LogP contribution < -0.4 is 16.8 Å². The highest BCUT2D eigenvalue weighted by Crippen LogP contribution is 2.44. The number of aromatic nitrogens is 2. The number of halogens is 1. The summed E-state index contributed by atoms with van der Waals surface area (Å²) in [5.41, 5.74) is 12.6. The summed E-state index contributed by atoms with van der Waals surface area (Å²) in [6.07, 6.45) is 0. The highest BCUT2D eigenvalue weighted by molar-refractivity contribution is 6.99. The number of benzene rings is 8. The van der Waals surface area contributed by atoms with E-state index in [1.165, 1.54) is 38.4 Å². The van der Waals surface area contributed by atoms with Crippen molar-refractivity contribution >= 4 is 111 Å². The molecule has 0 bridgehead atoms. The summed E-state index contributed by atoms with van der Waals surface area (Å²) in [5.74, 6) is -0.265. The normalized spacial score (nSPS) is 13.2. The summed E-state index contributed by atoms with van der Waals surface area (Å²) < 4.78 is 34.2. The zero-order valence-electron chi connectivity index (χ0n) is 28.5. The van der Waals surface area contributed by atoms with Crippen molar-refractivity contribution in [3.63, 3.8) is 0 Å². The Balaban J connectivity index is 1.31. The molecule has 0 amide bonds. The van der Waals surface area contributed by atoms with Gasteiger partial charge in [0.05, 0.1) is 32.8 Å². The van der Waals surface area contributed by atoms with Gasteiger partial charge in [-0.1, -0.05) is 97.1 Å². The molecule has 0 N–H and O–H groups in total. The summed E-state index contributed by atoms with van der Waals surface area (Å²) in [6.45, 7) is -0.338. The summed E-state index contributed by atoms with van der Waals surface area (Å²) in [4.78, 5) is 0. The van der Waals surface area contributed by atoms with Gasteiger partial charge < -0.3 is 18.0 Å². The fourth-order valence-electron chi connectivity index (χ4n) is 10.3. The van der Waals surface area contributed by atoms with Crippen LogP contribution in [0.2, 0.25) is 0 Å². The van der Waals surface area contributed by atoms with Gasteiger partial charge in [0.25, 0.3) is 0 Å². The molecule has 0 unspecified atom stereocenters. The van der Waals surface area contributed by atoms with E-state index in [9.17, 15) is 0 Å². The fourth-order valence-corrected chi connectivity index (χ4v) is 10.3. The Kier molecular flexibility index (Phi) is 4.75. The van der Waals surface area contributed by atoms with E-state index in [1.807, 2.05) is 6.07 Å². The summed E-state index contributed by atoms with van der Waals surface area (Å²) >= 11 is 0. The molecule has 6 heterocycles. The van der Waals surface area contributed by atoms with Gasteiger partial charge >= 0.3 is 6.71 Å². The lowest BCUT2D eigenvalue weighted by atomic mass is 9.38. The number of hydrogen-bond donors (Lipinski definition) is 0. The van der Waals surface area contributed by atoms with Crippen molar-refractivity contribution < 1.29 is 13.2 Å². The lowest BCUT2D eigenvalue weighted by Gasteiger charge is -2.31. The van der Waals surface area contributed by atoms with Gasteiger partial charge in [0.15, 0.2) is 0 Å². The molecule has 12 aromatic rings. The molecule has 8 aromatic carbocycles. The maximum absolute atomic E-state index is 15.1. The maximum atomic E-state index is 15.1. The first kappa shape index (κ1) is 27.6. The Morgan fingerprint density at radius 3 is 1.43 bits per heavy atom. The van der Waals surface area contributed by atoms with Crippen LogP contribution in [0.15, 0.2) is 154 Å². The molecule has 0 spiro atoms. The number of fused-ring (bicyclic) bond motifs is 8. The average Bonchev–Trinajstić information content (AvgIpc) is 3.71. The van der Waals surface area contributed by atoms with Crippen molar-refractivity contribution in [1.82, 2.24) is 9.13 Å². The van der Waals surface area contributed by atoms with E-state index in [1.54, 1.807) is 12.1 Å². The maximum Gasteiger partial charge on any atom is 0.342 e. The molecular formula is C48H24BFN2O2. The Morgan fingerprint density at radius 1 is 0.444 bits per heavy atom. The molecule has 4 aromatic heterocycles. The van der Waals surface area contributed by atoms with Gasteiger partial charge in [-0.25, -0.2) is 4.39 Å². The summed E-state index contributed by atoms with van der Waals surface area (Å²) in [7, 11) is 0. The highest BCUT2D eigenvalue weighted by atomic mass is 19.1. The monoisotopic (exact) mass is 690 g/mol. The van der Waals surface area contributed by atoms with Crippen LogP contribution in [0.25, 0.3) is 110 Å². The number of furan rings is 2. The first-order valence-corrected chi connectivity index (χ1v) is 18.4. The van der Waals surface area contributed by atoms with E-state index < -0.39 is 0 Å². The van der Waals surface area contributed by atoms with Crippen molar-refractivity contribution in [3.05, 3.63) is 151 Å². The van der Waals surface area contributed by atoms with E-state index in [0.29, 0.717) is 0 Å². The van der Waals surface area contributed by atoms with Crippen LogP contribution in [0.5, 0.6) is 0 Å². The minimum Gasteiger partial charge on any atom is -0.468 e. The number of nitrogens with zero attached hydrogens (tertiary/aromatic N) is 2. The SMILES string of the molecule is Fc1cccc(-c2cc3c4c(c2)-n2c5cccc6cccc(c7cccc8oc(c2c87)B4c2oc4cccc7c8cccc9cccc(c98)n-3c2c47)c65)c1. The van der Waals surface area contributed by atoms with Crippen molar-refractivity contribution in [3.8, 4) is 22.5 Å². The van der Waals surface area contributed by atoms with Gasteiger partial charge in [-0.3, -0.25) is 0 Å². The second kappa shape index (κ2) is 9.30. The van der Waals surface area contributed by atoms with Crippen LogP contribution in [0.1, 0.15) is 0 Å². The standard InChI is InChI=1S/C48H24BFN2O2/c50-29-13-1-12-27(22-29)28-23-36-44-37(24-28)52-35-19-5-11-26-9-3-15-31(41(26)35)33-17-7-21-39-43(33)46(52)48(54-39)49(44)47-45-42-32(16-6-20-38(42)53-47)30-14-2-8-25-10-4-18-34(40(25)30)51(36)45/h1-24H. The molecule has 0 saturated heterocycles. The minimum atomic E-state index is -0.338. The van der Waals surface area contributed by atoms with Crippen LogP contribution in [-0.4, -0.2) is 15.8 Å². The Bertz CT molecular complexity index is 3480. The van der Waals surface area contributed by atoms with Gasteiger partial charge in [-0.2, -0.15) is 0 Å². The predicted octanol–water partition coefficient (Wildman–Crippen LogP) is 10.6. The van der Waals surface area contributed by atoms with Crippen molar-refractivity contribution in [2.24, 2.45) is 0 Å². The molecule has 14 rings (SSSR count). The van der Waals surface area contributed by atoms with Crippen molar-refractivity contribution in [2.45, 2.75) is 0 Å². The van der Waals surface area contributed by atoms with Crippen LogP contribution in [0.3, 0.4) is 0 Å². The zero-order valence-corrected chi connectivity index (χ0v) is 28.5. The Hall–Kier alpha value is -7.05. The van der Waals surface area contributed by atoms with Crippen molar-refractivity contribution in [2.75, 3.05) is 0 Å². The third-order valence-corrected chi connectivity index (χ3v) is 12.3. The summed E-state index contributed by atoms with van der Waals surface area (Å²) in [6, 6.07) is 50.6. The van der Waals surface area contributed by atoms with E-state index in [0.717, 1.165) is 94.1 Å². The molecule has 0 radical (unpaired) electrons. The molecule has 248 valence electrons. The smallest absolute Gasteiger partial charge is 0.342 e. The van der Waals surface area contributed by atoms with Gasteiger partial charge in [0, 0.05) is 22.1 Å². The molecule has 4 nitrogen and oxygen atoms in total. The molecular weight excluding hydrogens is 666 g/mol. The molecule has 2 aliphatic heterocycles. The quantitative estimate of drug-likeness (QED) is 0.161. The molecule has 6 heteroatoms. The predicted molar refractivity (Wildman–Crippen MR) is 220 cm³/mol. The molecule has 0 saturated carbocycles. The van der Waals surface area contributed by atoms with Crippen LogP contribution in [0, 0.1) is 5.82 Å². The van der Waals surface area contributed by atoms with E-state index >= 15 is 4.39 Å². The minimum absolute atomic E-state index is 0.265. The summed E-state index contributed by atoms with van der Waals surface area (Å²) in [5, 5.41) is 11.5. The number of rotatable bonds is 1. The van der Waals surface area contributed by atoms with Crippen LogP contribution >= 0.6 is 0 Å². The largest absolute Gasteiger partial charge is 0.468 e. The second-order valence-corrected chi connectivity index (χ2v) is 14.9. The van der Waals surface area contributed by atoms with Gasteiger partial charge in [0.1, 0.15) is 28.3 Å². The zero-order chi connectivity index (χ0) is 35.0. The molecule has 0 atom stereocenters. The van der Waals surface area contributed by atoms with Crippen LogP contribution in [0.4, 0.5) is 4.39 Å². The molecule has 54 heavy (non-hydrogen) atoms. The van der Waals surface area contributed by atoms with E-state index in [2.05, 4.69) is 130 Å². The van der Waals surface area contributed by atoms with Crippen LogP contribution in [-0.2, 0) is 0 Å². The number of hydrogen-bond acceptors (Lipinski definition) is 2. The third kappa shape index (κ3) is 3.12. The van der Waals surface area contributed by atoms with E-state index in [-0.39, 0.29) is 12.5 Å². The molecule has 0 aliphatic carbocycles. The molecule has 0 fully saturated rings. The first-order chi connectivity index (χ1) is 26.7.